The molecule has 6 nitrogen and oxygen atoms in total. The lowest BCUT2D eigenvalue weighted by Gasteiger charge is -2.21. The average molecular weight is 542 g/mol. The lowest BCUT2D eigenvalue weighted by Crippen LogP contribution is -2.42. The molecule has 0 radical (unpaired) electrons. The number of amides is 1. The number of guanidine groups is 1. The predicted molar refractivity (Wildman–Crippen MR) is 139 cm³/mol. The molecule has 1 amide bonds. The number of likely N-dealkylation sites (tertiary alicyclic amines) is 1. The van der Waals surface area contributed by atoms with Gasteiger partial charge in [0.05, 0.1) is 6.54 Å². The van der Waals surface area contributed by atoms with Crippen molar-refractivity contribution in [3.63, 3.8) is 0 Å². The SMILES string of the molecule is CCNC(=NCc1ccc(CN2CCCC2)cc1)NCCNC(=O)C1CCCCC1.I. The van der Waals surface area contributed by atoms with Crippen LogP contribution in [0, 0.1) is 5.92 Å². The Kier molecular flexibility index (Phi) is 12.3. The van der Waals surface area contributed by atoms with Crippen molar-refractivity contribution in [1.82, 2.24) is 20.9 Å². The van der Waals surface area contributed by atoms with Gasteiger partial charge in [-0.1, -0.05) is 43.5 Å². The van der Waals surface area contributed by atoms with Crippen molar-refractivity contribution in [2.24, 2.45) is 10.9 Å². The quantitative estimate of drug-likeness (QED) is 0.193. The number of aliphatic imine (C=N–C) groups is 1. The molecule has 1 aliphatic heterocycles. The van der Waals surface area contributed by atoms with Crippen LogP contribution in [0.5, 0.6) is 0 Å². The smallest absolute Gasteiger partial charge is 0.223 e. The fraction of sp³-hybridized carbons (Fsp3) is 0.667. The maximum atomic E-state index is 12.2. The van der Waals surface area contributed by atoms with Gasteiger partial charge >= 0.3 is 0 Å². The third-order valence-corrected chi connectivity index (χ3v) is 6.08. The van der Waals surface area contributed by atoms with Crippen molar-refractivity contribution < 1.29 is 4.79 Å². The molecule has 3 rings (SSSR count). The molecule has 2 aliphatic rings. The van der Waals surface area contributed by atoms with Crippen molar-refractivity contribution in [3.05, 3.63) is 35.4 Å². The number of carbonyl (C=O) groups is 1. The number of hydrogen-bond acceptors (Lipinski definition) is 3. The number of nitrogens with one attached hydrogen (secondary N) is 3. The third kappa shape index (κ3) is 9.35. The fourth-order valence-corrected chi connectivity index (χ4v) is 4.34. The van der Waals surface area contributed by atoms with Crippen molar-refractivity contribution in [1.29, 1.82) is 0 Å². The normalized spacial score (nSPS) is 17.8. The molecule has 2 fully saturated rings. The van der Waals surface area contributed by atoms with Gasteiger partial charge in [0.2, 0.25) is 5.91 Å². The van der Waals surface area contributed by atoms with Crippen LogP contribution < -0.4 is 16.0 Å². The highest BCUT2D eigenvalue weighted by Gasteiger charge is 2.20. The van der Waals surface area contributed by atoms with Crippen molar-refractivity contribution in [3.8, 4) is 0 Å². The van der Waals surface area contributed by atoms with Gasteiger partial charge in [-0.2, -0.15) is 0 Å². The first kappa shape index (κ1) is 25.9. The van der Waals surface area contributed by atoms with Crippen molar-refractivity contribution in [2.45, 2.75) is 65.0 Å². The Morgan fingerprint density at radius 3 is 2.26 bits per heavy atom. The van der Waals surface area contributed by atoms with Crippen molar-refractivity contribution >= 4 is 35.8 Å². The Morgan fingerprint density at radius 2 is 1.58 bits per heavy atom. The van der Waals surface area contributed by atoms with Gasteiger partial charge < -0.3 is 16.0 Å². The molecular formula is C24H40IN5O. The lowest BCUT2D eigenvalue weighted by atomic mass is 9.89. The highest BCUT2D eigenvalue weighted by molar-refractivity contribution is 14.0. The molecule has 0 spiro atoms. The molecule has 1 aliphatic carbocycles. The van der Waals surface area contributed by atoms with Crippen LogP contribution in [0.15, 0.2) is 29.3 Å². The zero-order valence-electron chi connectivity index (χ0n) is 19.0. The molecular weight excluding hydrogens is 501 g/mol. The summed E-state index contributed by atoms with van der Waals surface area (Å²) in [5.74, 6) is 1.23. The number of halogens is 1. The maximum Gasteiger partial charge on any atom is 0.223 e. The molecule has 1 aromatic rings. The molecule has 0 bridgehead atoms. The van der Waals surface area contributed by atoms with E-state index in [9.17, 15) is 4.79 Å². The topological polar surface area (TPSA) is 68.8 Å². The van der Waals surface area contributed by atoms with Crippen LogP contribution in [-0.2, 0) is 17.9 Å². The molecule has 1 saturated heterocycles. The molecule has 3 N–H and O–H groups in total. The standard InChI is InChI=1S/C24H39N5O.HI/c1-2-25-24(27-15-14-26-23(30)22-8-4-3-5-9-22)28-18-20-10-12-21(13-11-20)19-29-16-6-7-17-29;/h10-13,22H,2-9,14-19H2,1H3,(H,26,30)(H2,25,27,28);1H. The van der Waals surface area contributed by atoms with E-state index in [0.717, 1.165) is 31.9 Å². The van der Waals surface area contributed by atoms with Gasteiger partial charge in [-0.15, -0.1) is 24.0 Å². The van der Waals surface area contributed by atoms with E-state index in [1.54, 1.807) is 0 Å². The summed E-state index contributed by atoms with van der Waals surface area (Å²) in [4.78, 5) is 19.4. The molecule has 0 unspecified atom stereocenters. The van der Waals surface area contributed by atoms with E-state index in [-0.39, 0.29) is 35.8 Å². The Balaban J connectivity index is 0.00000341. The Bertz CT molecular complexity index is 667. The van der Waals surface area contributed by atoms with E-state index in [1.807, 2.05) is 0 Å². The van der Waals surface area contributed by atoms with E-state index in [4.69, 9.17) is 4.99 Å². The minimum absolute atomic E-state index is 0. The van der Waals surface area contributed by atoms with Crippen LogP contribution in [0.4, 0.5) is 0 Å². The van der Waals surface area contributed by atoms with E-state index < -0.39 is 0 Å². The zero-order valence-corrected chi connectivity index (χ0v) is 21.3. The first-order chi connectivity index (χ1) is 14.7. The molecule has 1 saturated carbocycles. The summed E-state index contributed by atoms with van der Waals surface area (Å²) in [5.41, 5.74) is 2.59. The Labute approximate surface area is 205 Å². The number of carbonyl (C=O) groups excluding carboxylic acids is 1. The second-order valence-electron chi connectivity index (χ2n) is 8.55. The highest BCUT2D eigenvalue weighted by Crippen LogP contribution is 2.23. The summed E-state index contributed by atoms with van der Waals surface area (Å²) >= 11 is 0. The molecule has 31 heavy (non-hydrogen) atoms. The molecule has 0 atom stereocenters. The van der Waals surface area contributed by atoms with Crippen LogP contribution in [0.1, 0.15) is 63.0 Å². The number of rotatable bonds is 9. The van der Waals surface area contributed by atoms with Gasteiger partial charge in [0.15, 0.2) is 5.96 Å². The summed E-state index contributed by atoms with van der Waals surface area (Å²) in [6.07, 6.45) is 8.39. The first-order valence-corrected chi connectivity index (χ1v) is 11.8. The summed E-state index contributed by atoms with van der Waals surface area (Å²) < 4.78 is 0. The second-order valence-corrected chi connectivity index (χ2v) is 8.55. The van der Waals surface area contributed by atoms with Crippen LogP contribution in [0.3, 0.4) is 0 Å². The summed E-state index contributed by atoms with van der Waals surface area (Å²) in [7, 11) is 0. The Hall–Kier alpha value is -1.35. The van der Waals surface area contributed by atoms with Gasteiger partial charge in [-0.05, 0) is 56.8 Å². The maximum absolute atomic E-state index is 12.2. The number of nitrogens with zero attached hydrogens (tertiary/aromatic N) is 2. The number of hydrogen-bond donors (Lipinski definition) is 3. The van der Waals surface area contributed by atoms with Gasteiger partial charge in [0, 0.05) is 32.1 Å². The van der Waals surface area contributed by atoms with Gasteiger partial charge in [0.1, 0.15) is 0 Å². The fourth-order valence-electron chi connectivity index (χ4n) is 4.34. The van der Waals surface area contributed by atoms with Gasteiger partial charge in [-0.3, -0.25) is 9.69 Å². The third-order valence-electron chi connectivity index (χ3n) is 6.08. The minimum atomic E-state index is 0. The Morgan fingerprint density at radius 1 is 0.935 bits per heavy atom. The van der Waals surface area contributed by atoms with Crippen LogP contribution in [0.2, 0.25) is 0 Å². The molecule has 1 aromatic carbocycles. The second kappa shape index (κ2) is 14.7. The molecule has 174 valence electrons. The zero-order chi connectivity index (χ0) is 21.0. The van der Waals surface area contributed by atoms with E-state index in [0.29, 0.717) is 19.6 Å². The lowest BCUT2D eigenvalue weighted by molar-refractivity contribution is -0.125. The van der Waals surface area contributed by atoms with Gasteiger partial charge in [0.25, 0.3) is 0 Å². The van der Waals surface area contributed by atoms with E-state index in [2.05, 4.69) is 52.0 Å². The molecule has 0 aromatic heterocycles. The largest absolute Gasteiger partial charge is 0.357 e. The molecule has 7 heteroatoms. The van der Waals surface area contributed by atoms with Gasteiger partial charge in [-0.25, -0.2) is 4.99 Å². The summed E-state index contributed by atoms with van der Waals surface area (Å²) in [6.45, 7) is 8.35. The summed E-state index contributed by atoms with van der Waals surface area (Å²) in [5, 5.41) is 9.68. The number of benzene rings is 1. The average Bonchev–Trinajstić information content (AvgIpc) is 3.29. The molecule has 1 heterocycles. The van der Waals surface area contributed by atoms with Crippen LogP contribution in [-0.4, -0.2) is 49.5 Å². The highest BCUT2D eigenvalue weighted by atomic mass is 127. The monoisotopic (exact) mass is 541 g/mol. The van der Waals surface area contributed by atoms with E-state index in [1.165, 1.54) is 56.3 Å². The van der Waals surface area contributed by atoms with Crippen LogP contribution >= 0.6 is 24.0 Å². The summed E-state index contributed by atoms with van der Waals surface area (Å²) in [6, 6.07) is 8.82. The van der Waals surface area contributed by atoms with Crippen LogP contribution in [0.25, 0.3) is 0 Å². The van der Waals surface area contributed by atoms with E-state index >= 15 is 0 Å². The predicted octanol–water partition coefficient (Wildman–Crippen LogP) is 3.65. The minimum Gasteiger partial charge on any atom is -0.357 e. The first-order valence-electron chi connectivity index (χ1n) is 11.8. The van der Waals surface area contributed by atoms with Crippen molar-refractivity contribution in [2.75, 3.05) is 32.7 Å².